The van der Waals surface area contributed by atoms with Crippen LogP contribution in [0.25, 0.3) is 0 Å². The molecule has 2 rings (SSSR count). The SMILES string of the molecule is CC(O)c1cc(F)ccc1OCC1CCC(C)(C)O1. The molecule has 3 nitrogen and oxygen atoms in total. The third kappa shape index (κ3) is 3.67. The third-order valence-corrected chi connectivity index (χ3v) is 3.40. The number of aliphatic hydroxyl groups is 1. The van der Waals surface area contributed by atoms with Crippen molar-refractivity contribution >= 4 is 0 Å². The van der Waals surface area contributed by atoms with Crippen molar-refractivity contribution in [3.8, 4) is 5.75 Å². The minimum atomic E-state index is -0.758. The van der Waals surface area contributed by atoms with E-state index in [1.807, 2.05) is 0 Å². The van der Waals surface area contributed by atoms with Gasteiger partial charge in [-0.05, 0) is 51.8 Å². The summed E-state index contributed by atoms with van der Waals surface area (Å²) < 4.78 is 24.7. The topological polar surface area (TPSA) is 38.7 Å². The van der Waals surface area contributed by atoms with Crippen molar-refractivity contribution in [2.75, 3.05) is 6.61 Å². The van der Waals surface area contributed by atoms with Crippen molar-refractivity contribution in [1.29, 1.82) is 0 Å². The maximum Gasteiger partial charge on any atom is 0.125 e. The van der Waals surface area contributed by atoms with Crippen LogP contribution in [-0.4, -0.2) is 23.4 Å². The highest BCUT2D eigenvalue weighted by Crippen LogP contribution is 2.31. The van der Waals surface area contributed by atoms with E-state index >= 15 is 0 Å². The van der Waals surface area contributed by atoms with E-state index in [4.69, 9.17) is 9.47 Å². The molecule has 1 aromatic rings. The maximum atomic E-state index is 13.2. The van der Waals surface area contributed by atoms with Crippen molar-refractivity contribution in [2.45, 2.75) is 51.4 Å². The highest BCUT2D eigenvalue weighted by atomic mass is 19.1. The quantitative estimate of drug-likeness (QED) is 0.911. The van der Waals surface area contributed by atoms with Crippen molar-refractivity contribution in [1.82, 2.24) is 0 Å². The fourth-order valence-electron chi connectivity index (χ4n) is 2.35. The molecule has 1 fully saturated rings. The molecule has 1 heterocycles. The fraction of sp³-hybridized carbons (Fsp3) is 0.600. The van der Waals surface area contributed by atoms with E-state index in [9.17, 15) is 9.50 Å². The molecule has 0 saturated carbocycles. The van der Waals surface area contributed by atoms with Crippen molar-refractivity contribution in [3.63, 3.8) is 0 Å². The van der Waals surface area contributed by atoms with Gasteiger partial charge in [0.2, 0.25) is 0 Å². The number of aliphatic hydroxyl groups excluding tert-OH is 1. The summed E-state index contributed by atoms with van der Waals surface area (Å²) in [5, 5.41) is 9.63. The van der Waals surface area contributed by atoms with Gasteiger partial charge in [-0.15, -0.1) is 0 Å². The molecule has 0 amide bonds. The summed E-state index contributed by atoms with van der Waals surface area (Å²) in [4.78, 5) is 0. The van der Waals surface area contributed by atoms with Crippen LogP contribution in [-0.2, 0) is 4.74 Å². The third-order valence-electron chi connectivity index (χ3n) is 3.40. The van der Waals surface area contributed by atoms with Gasteiger partial charge in [0.05, 0.1) is 17.8 Å². The highest BCUT2D eigenvalue weighted by Gasteiger charge is 2.32. The van der Waals surface area contributed by atoms with Crippen LogP contribution in [0.5, 0.6) is 5.75 Å². The lowest BCUT2D eigenvalue weighted by Gasteiger charge is -2.20. The van der Waals surface area contributed by atoms with Gasteiger partial charge in [-0.2, -0.15) is 0 Å². The fourth-order valence-corrected chi connectivity index (χ4v) is 2.35. The van der Waals surface area contributed by atoms with Crippen LogP contribution >= 0.6 is 0 Å². The largest absolute Gasteiger partial charge is 0.490 e. The summed E-state index contributed by atoms with van der Waals surface area (Å²) in [5.74, 6) is 0.145. The molecule has 2 atom stereocenters. The Labute approximate surface area is 113 Å². The molecule has 2 unspecified atom stereocenters. The van der Waals surface area contributed by atoms with Gasteiger partial charge in [0.15, 0.2) is 0 Å². The molecular weight excluding hydrogens is 247 g/mol. The normalized spacial score (nSPS) is 23.3. The molecule has 0 spiro atoms. The first-order valence-electron chi connectivity index (χ1n) is 6.65. The molecule has 1 aromatic carbocycles. The average molecular weight is 268 g/mol. The summed E-state index contributed by atoms with van der Waals surface area (Å²) in [6, 6.07) is 4.19. The van der Waals surface area contributed by atoms with E-state index in [2.05, 4.69) is 13.8 Å². The van der Waals surface area contributed by atoms with Gasteiger partial charge >= 0.3 is 0 Å². The van der Waals surface area contributed by atoms with Crippen LogP contribution in [0.15, 0.2) is 18.2 Å². The lowest BCUT2D eigenvalue weighted by Crippen LogP contribution is -2.24. The maximum absolute atomic E-state index is 13.2. The first kappa shape index (κ1) is 14.3. The summed E-state index contributed by atoms with van der Waals surface area (Å²) in [6.45, 7) is 6.14. The van der Waals surface area contributed by atoms with Gasteiger partial charge in [0, 0.05) is 5.56 Å². The van der Waals surface area contributed by atoms with Crippen LogP contribution in [0.4, 0.5) is 4.39 Å². The molecule has 0 aromatic heterocycles. The van der Waals surface area contributed by atoms with Gasteiger partial charge in [-0.1, -0.05) is 0 Å². The number of halogens is 1. The Kier molecular flexibility index (Phi) is 4.11. The smallest absolute Gasteiger partial charge is 0.125 e. The Morgan fingerprint density at radius 2 is 2.26 bits per heavy atom. The van der Waals surface area contributed by atoms with E-state index in [1.165, 1.54) is 12.1 Å². The first-order valence-corrected chi connectivity index (χ1v) is 6.65. The number of ether oxygens (including phenoxy) is 2. The summed E-state index contributed by atoms with van der Waals surface area (Å²) in [7, 11) is 0. The molecule has 19 heavy (non-hydrogen) atoms. The van der Waals surface area contributed by atoms with E-state index in [0.29, 0.717) is 17.9 Å². The second-order valence-electron chi connectivity index (χ2n) is 5.71. The zero-order valence-electron chi connectivity index (χ0n) is 11.6. The van der Waals surface area contributed by atoms with E-state index in [-0.39, 0.29) is 17.5 Å². The lowest BCUT2D eigenvalue weighted by molar-refractivity contribution is -0.0330. The first-order chi connectivity index (χ1) is 8.87. The van der Waals surface area contributed by atoms with Crippen molar-refractivity contribution < 1.29 is 19.0 Å². The Bertz CT molecular complexity index is 443. The standard InChI is InChI=1S/C15H21FO3/c1-10(17)13-8-11(16)4-5-14(13)18-9-12-6-7-15(2,3)19-12/h4-5,8,10,12,17H,6-7,9H2,1-3H3. The predicted molar refractivity (Wildman–Crippen MR) is 70.7 cm³/mol. The van der Waals surface area contributed by atoms with Crippen molar-refractivity contribution in [3.05, 3.63) is 29.6 Å². The second kappa shape index (κ2) is 5.47. The molecule has 4 heteroatoms. The van der Waals surface area contributed by atoms with Crippen LogP contribution in [0.2, 0.25) is 0 Å². The van der Waals surface area contributed by atoms with E-state index in [1.54, 1.807) is 13.0 Å². The Morgan fingerprint density at radius 1 is 1.53 bits per heavy atom. The lowest BCUT2D eigenvalue weighted by atomic mass is 10.1. The van der Waals surface area contributed by atoms with Crippen LogP contribution in [0.1, 0.15) is 45.3 Å². The molecule has 1 saturated heterocycles. The van der Waals surface area contributed by atoms with E-state index in [0.717, 1.165) is 12.8 Å². The molecular formula is C15H21FO3. The molecule has 106 valence electrons. The zero-order chi connectivity index (χ0) is 14.0. The zero-order valence-corrected chi connectivity index (χ0v) is 11.6. The predicted octanol–water partition coefficient (Wildman–Crippen LogP) is 3.22. The van der Waals surface area contributed by atoms with Crippen LogP contribution in [0, 0.1) is 5.82 Å². The highest BCUT2D eigenvalue weighted by molar-refractivity contribution is 5.35. The van der Waals surface area contributed by atoms with Crippen LogP contribution in [0.3, 0.4) is 0 Å². The Balaban J connectivity index is 2.00. The molecule has 1 N–H and O–H groups in total. The molecule has 0 aliphatic carbocycles. The van der Waals surface area contributed by atoms with Gasteiger partial charge in [-0.3, -0.25) is 0 Å². The van der Waals surface area contributed by atoms with Gasteiger partial charge in [0.25, 0.3) is 0 Å². The van der Waals surface area contributed by atoms with Crippen LogP contribution < -0.4 is 4.74 Å². The molecule has 0 bridgehead atoms. The Hall–Kier alpha value is -1.13. The monoisotopic (exact) mass is 268 g/mol. The molecule has 0 radical (unpaired) electrons. The second-order valence-corrected chi connectivity index (χ2v) is 5.71. The number of hydrogen-bond acceptors (Lipinski definition) is 3. The number of benzene rings is 1. The number of hydrogen-bond donors (Lipinski definition) is 1. The summed E-state index contributed by atoms with van der Waals surface area (Å²) in [5.41, 5.74) is 0.376. The van der Waals surface area contributed by atoms with E-state index < -0.39 is 6.10 Å². The average Bonchev–Trinajstić information content (AvgIpc) is 2.67. The van der Waals surface area contributed by atoms with Gasteiger partial charge < -0.3 is 14.6 Å². The summed E-state index contributed by atoms with van der Waals surface area (Å²) >= 11 is 0. The minimum Gasteiger partial charge on any atom is -0.490 e. The van der Waals surface area contributed by atoms with Gasteiger partial charge in [-0.25, -0.2) is 4.39 Å². The molecule has 1 aliphatic rings. The Morgan fingerprint density at radius 3 is 2.84 bits per heavy atom. The van der Waals surface area contributed by atoms with Gasteiger partial charge in [0.1, 0.15) is 18.2 Å². The molecule has 1 aliphatic heterocycles. The minimum absolute atomic E-state index is 0.0573. The summed E-state index contributed by atoms with van der Waals surface area (Å²) in [6.07, 6.45) is 1.26. The van der Waals surface area contributed by atoms with Crippen molar-refractivity contribution in [2.24, 2.45) is 0 Å². The number of rotatable bonds is 4.